The summed E-state index contributed by atoms with van der Waals surface area (Å²) in [5.41, 5.74) is 3.28. The topological polar surface area (TPSA) is 38.3 Å². The summed E-state index contributed by atoms with van der Waals surface area (Å²) in [7, 11) is 1.60. The third-order valence-electron chi connectivity index (χ3n) is 3.67. The first kappa shape index (κ1) is 17.4. The second kappa shape index (κ2) is 8.63. The van der Waals surface area contributed by atoms with Gasteiger partial charge in [-0.3, -0.25) is 4.79 Å². The van der Waals surface area contributed by atoms with Gasteiger partial charge in [-0.15, -0.1) is 11.8 Å². The number of nitrogens with one attached hydrogen (secondary N) is 1. The maximum Gasteiger partial charge on any atom is 0.237 e. The SMILES string of the molecule is CCc1ccc(CSC(C)C(=O)Nc2ccccc2OC)cc1. The van der Waals surface area contributed by atoms with Gasteiger partial charge in [0.25, 0.3) is 0 Å². The van der Waals surface area contributed by atoms with E-state index in [2.05, 4.69) is 36.5 Å². The van der Waals surface area contributed by atoms with Gasteiger partial charge in [-0.2, -0.15) is 0 Å². The summed E-state index contributed by atoms with van der Waals surface area (Å²) in [6.07, 6.45) is 1.05. The number of anilines is 1. The highest BCUT2D eigenvalue weighted by Crippen LogP contribution is 2.25. The molecule has 0 aliphatic heterocycles. The summed E-state index contributed by atoms with van der Waals surface area (Å²) in [4.78, 5) is 12.3. The van der Waals surface area contributed by atoms with Crippen LogP contribution in [0.1, 0.15) is 25.0 Å². The second-order valence-corrected chi connectivity index (χ2v) is 6.64. The number of rotatable bonds is 7. The Labute approximate surface area is 142 Å². The average molecular weight is 329 g/mol. The lowest BCUT2D eigenvalue weighted by molar-refractivity contribution is -0.115. The molecule has 0 spiro atoms. The fourth-order valence-corrected chi connectivity index (χ4v) is 3.00. The molecule has 3 nitrogen and oxygen atoms in total. The molecule has 0 bridgehead atoms. The molecule has 122 valence electrons. The van der Waals surface area contributed by atoms with Gasteiger partial charge in [-0.05, 0) is 36.6 Å². The van der Waals surface area contributed by atoms with Crippen molar-refractivity contribution in [1.29, 1.82) is 0 Å². The average Bonchev–Trinajstić information content (AvgIpc) is 2.60. The predicted molar refractivity (Wildman–Crippen MR) is 98.2 cm³/mol. The van der Waals surface area contributed by atoms with Crippen LogP contribution in [0.2, 0.25) is 0 Å². The van der Waals surface area contributed by atoms with Gasteiger partial charge >= 0.3 is 0 Å². The highest BCUT2D eigenvalue weighted by molar-refractivity contribution is 7.99. The summed E-state index contributed by atoms with van der Waals surface area (Å²) < 4.78 is 5.26. The number of ether oxygens (including phenoxy) is 1. The van der Waals surface area contributed by atoms with E-state index in [1.165, 1.54) is 11.1 Å². The lowest BCUT2D eigenvalue weighted by atomic mass is 10.1. The number of carbonyl (C=O) groups is 1. The van der Waals surface area contributed by atoms with E-state index in [4.69, 9.17) is 4.74 Å². The summed E-state index contributed by atoms with van der Waals surface area (Å²) >= 11 is 1.63. The molecule has 0 saturated heterocycles. The molecule has 0 saturated carbocycles. The molecule has 4 heteroatoms. The summed E-state index contributed by atoms with van der Waals surface area (Å²) in [6.45, 7) is 4.07. The first-order valence-electron chi connectivity index (χ1n) is 7.77. The number of thioether (sulfide) groups is 1. The van der Waals surface area contributed by atoms with E-state index >= 15 is 0 Å². The standard InChI is InChI=1S/C19H23NO2S/c1-4-15-9-11-16(12-10-15)13-23-14(2)19(21)20-17-7-5-6-8-18(17)22-3/h5-12,14H,4,13H2,1-3H3,(H,20,21). The van der Waals surface area contributed by atoms with Crippen molar-refractivity contribution in [2.24, 2.45) is 0 Å². The minimum Gasteiger partial charge on any atom is -0.495 e. The van der Waals surface area contributed by atoms with Crippen molar-refractivity contribution in [3.63, 3.8) is 0 Å². The van der Waals surface area contributed by atoms with Gasteiger partial charge in [0.2, 0.25) is 5.91 Å². The zero-order valence-corrected chi connectivity index (χ0v) is 14.7. The van der Waals surface area contributed by atoms with Crippen LogP contribution in [0.25, 0.3) is 0 Å². The fraction of sp³-hybridized carbons (Fsp3) is 0.316. The lowest BCUT2D eigenvalue weighted by Crippen LogP contribution is -2.22. The Balaban J connectivity index is 1.89. The third-order valence-corrected chi connectivity index (χ3v) is 4.88. The molecule has 2 rings (SSSR count). The number of aryl methyl sites for hydroxylation is 1. The van der Waals surface area contributed by atoms with Crippen molar-refractivity contribution in [2.75, 3.05) is 12.4 Å². The van der Waals surface area contributed by atoms with Gasteiger partial charge < -0.3 is 10.1 Å². The van der Waals surface area contributed by atoms with Gasteiger partial charge in [0.05, 0.1) is 18.0 Å². The van der Waals surface area contributed by atoms with E-state index < -0.39 is 0 Å². The van der Waals surface area contributed by atoms with Crippen molar-refractivity contribution < 1.29 is 9.53 Å². The molecule has 2 aromatic rings. The summed E-state index contributed by atoms with van der Waals surface area (Å²) in [5, 5.41) is 2.80. The molecule has 2 aromatic carbocycles. The summed E-state index contributed by atoms with van der Waals surface area (Å²) in [6, 6.07) is 16.0. The smallest absolute Gasteiger partial charge is 0.237 e. The Bertz CT molecular complexity index is 640. The molecule has 0 radical (unpaired) electrons. The van der Waals surface area contributed by atoms with Crippen LogP contribution in [0.3, 0.4) is 0 Å². The molecule has 0 aliphatic rings. The molecular formula is C19H23NO2S. The van der Waals surface area contributed by atoms with Crippen LogP contribution < -0.4 is 10.1 Å². The molecule has 0 heterocycles. The number of methoxy groups -OCH3 is 1. The van der Waals surface area contributed by atoms with Crippen LogP contribution >= 0.6 is 11.8 Å². The minimum absolute atomic E-state index is 0.00956. The predicted octanol–water partition coefficient (Wildman–Crippen LogP) is 4.52. The largest absolute Gasteiger partial charge is 0.495 e. The Kier molecular flexibility index (Phi) is 6.53. The highest BCUT2D eigenvalue weighted by Gasteiger charge is 2.15. The van der Waals surface area contributed by atoms with Crippen LogP contribution in [0, 0.1) is 0 Å². The number of benzene rings is 2. The van der Waals surface area contributed by atoms with Crippen LogP contribution in [0.5, 0.6) is 5.75 Å². The number of hydrogen-bond acceptors (Lipinski definition) is 3. The van der Waals surface area contributed by atoms with Crippen molar-refractivity contribution in [2.45, 2.75) is 31.3 Å². The third kappa shape index (κ3) is 5.03. The highest BCUT2D eigenvalue weighted by atomic mass is 32.2. The van der Waals surface area contributed by atoms with E-state index in [0.29, 0.717) is 11.4 Å². The minimum atomic E-state index is -0.134. The molecule has 1 N–H and O–H groups in total. The molecule has 0 aliphatic carbocycles. The zero-order valence-electron chi connectivity index (χ0n) is 13.8. The van der Waals surface area contributed by atoms with E-state index in [1.807, 2.05) is 31.2 Å². The van der Waals surface area contributed by atoms with Gasteiger partial charge in [0, 0.05) is 5.75 Å². The second-order valence-electron chi connectivity index (χ2n) is 5.31. The monoisotopic (exact) mass is 329 g/mol. The van der Waals surface area contributed by atoms with Gasteiger partial charge in [0.1, 0.15) is 5.75 Å². The molecule has 23 heavy (non-hydrogen) atoms. The number of para-hydroxylation sites is 2. The van der Waals surface area contributed by atoms with E-state index in [0.717, 1.165) is 12.2 Å². The van der Waals surface area contributed by atoms with Crippen LogP contribution in [-0.2, 0) is 17.0 Å². The van der Waals surface area contributed by atoms with Gasteiger partial charge in [-0.25, -0.2) is 0 Å². The number of amides is 1. The number of hydrogen-bond donors (Lipinski definition) is 1. The van der Waals surface area contributed by atoms with Crippen LogP contribution in [0.4, 0.5) is 5.69 Å². The molecular weight excluding hydrogens is 306 g/mol. The van der Waals surface area contributed by atoms with Gasteiger partial charge in [0.15, 0.2) is 0 Å². The fourth-order valence-electron chi connectivity index (χ4n) is 2.15. The quantitative estimate of drug-likeness (QED) is 0.812. The molecule has 1 unspecified atom stereocenters. The van der Waals surface area contributed by atoms with E-state index in [-0.39, 0.29) is 11.2 Å². The Morgan fingerprint density at radius 2 is 1.78 bits per heavy atom. The molecule has 0 fully saturated rings. The van der Waals surface area contributed by atoms with E-state index in [9.17, 15) is 4.79 Å². The van der Waals surface area contributed by atoms with Gasteiger partial charge in [-0.1, -0.05) is 43.3 Å². The van der Waals surface area contributed by atoms with E-state index in [1.54, 1.807) is 18.9 Å². The van der Waals surface area contributed by atoms with Crippen molar-refractivity contribution in [1.82, 2.24) is 0 Å². The van der Waals surface area contributed by atoms with Crippen LogP contribution in [0.15, 0.2) is 48.5 Å². The first-order chi connectivity index (χ1) is 11.1. The molecule has 1 atom stereocenters. The normalized spacial score (nSPS) is 11.8. The maximum absolute atomic E-state index is 12.3. The Morgan fingerprint density at radius 3 is 2.43 bits per heavy atom. The molecule has 1 amide bonds. The Morgan fingerprint density at radius 1 is 1.13 bits per heavy atom. The number of carbonyl (C=O) groups excluding carboxylic acids is 1. The van der Waals surface area contributed by atoms with Crippen molar-refractivity contribution in [3.05, 3.63) is 59.7 Å². The first-order valence-corrected chi connectivity index (χ1v) is 8.82. The maximum atomic E-state index is 12.3. The van der Waals surface area contributed by atoms with Crippen molar-refractivity contribution in [3.8, 4) is 5.75 Å². The summed E-state index contributed by atoms with van der Waals surface area (Å²) in [5.74, 6) is 1.49. The Hall–Kier alpha value is -1.94. The zero-order chi connectivity index (χ0) is 16.7. The van der Waals surface area contributed by atoms with Crippen molar-refractivity contribution >= 4 is 23.4 Å². The lowest BCUT2D eigenvalue weighted by Gasteiger charge is -2.14. The molecule has 0 aromatic heterocycles. The van der Waals surface area contributed by atoms with Crippen LogP contribution in [-0.4, -0.2) is 18.3 Å².